The third kappa shape index (κ3) is 4.65. The molecule has 0 saturated heterocycles. The van der Waals surface area contributed by atoms with Crippen molar-refractivity contribution in [3.8, 4) is 0 Å². The lowest BCUT2D eigenvalue weighted by Gasteiger charge is -2.21. The van der Waals surface area contributed by atoms with Gasteiger partial charge in [-0.05, 0) is 16.9 Å². The van der Waals surface area contributed by atoms with Crippen LogP contribution < -0.4 is 5.32 Å². The van der Waals surface area contributed by atoms with E-state index in [0.29, 0.717) is 10.6 Å². The standard InChI is InChI=1S/C13H17NO5S/c1-13(2,7-10(16)17)6-9(15)14-8-4-5-20-11(8)12(18)19-3/h4-5H,6-7H2,1-3H3,(H,14,15)(H,16,17). The molecule has 0 aliphatic rings. The summed E-state index contributed by atoms with van der Waals surface area (Å²) in [7, 11) is 1.27. The predicted octanol–water partition coefficient (Wildman–Crippen LogP) is 2.36. The fourth-order valence-corrected chi connectivity index (χ4v) is 2.53. The van der Waals surface area contributed by atoms with Crippen molar-refractivity contribution < 1.29 is 24.2 Å². The van der Waals surface area contributed by atoms with E-state index in [9.17, 15) is 14.4 Å². The van der Waals surface area contributed by atoms with Crippen molar-refractivity contribution >= 4 is 34.9 Å². The van der Waals surface area contributed by atoms with Gasteiger partial charge >= 0.3 is 11.9 Å². The fourth-order valence-electron chi connectivity index (χ4n) is 1.76. The highest BCUT2D eigenvalue weighted by Gasteiger charge is 2.26. The quantitative estimate of drug-likeness (QED) is 0.787. The monoisotopic (exact) mass is 299 g/mol. The van der Waals surface area contributed by atoms with Gasteiger partial charge in [-0.2, -0.15) is 0 Å². The molecular formula is C13H17NO5S. The Labute approximate surface area is 120 Å². The van der Waals surface area contributed by atoms with Crippen LogP contribution in [0.2, 0.25) is 0 Å². The molecule has 110 valence electrons. The summed E-state index contributed by atoms with van der Waals surface area (Å²) in [6.07, 6.45) is -0.0519. The van der Waals surface area contributed by atoms with Crippen LogP contribution in [-0.4, -0.2) is 30.1 Å². The smallest absolute Gasteiger partial charge is 0.350 e. The molecule has 1 aromatic heterocycles. The highest BCUT2D eigenvalue weighted by atomic mass is 32.1. The van der Waals surface area contributed by atoms with Gasteiger partial charge in [-0.1, -0.05) is 13.8 Å². The van der Waals surface area contributed by atoms with E-state index in [1.165, 1.54) is 18.4 Å². The highest BCUT2D eigenvalue weighted by molar-refractivity contribution is 7.12. The van der Waals surface area contributed by atoms with Crippen LogP contribution in [-0.2, 0) is 14.3 Å². The minimum atomic E-state index is -0.950. The number of hydrogen-bond donors (Lipinski definition) is 2. The van der Waals surface area contributed by atoms with E-state index >= 15 is 0 Å². The molecule has 0 aliphatic heterocycles. The predicted molar refractivity (Wildman–Crippen MR) is 74.9 cm³/mol. The summed E-state index contributed by atoms with van der Waals surface area (Å²) in [5.41, 5.74) is -0.268. The number of anilines is 1. The van der Waals surface area contributed by atoms with Crippen molar-refractivity contribution in [2.45, 2.75) is 26.7 Å². The Balaban J connectivity index is 2.70. The maximum Gasteiger partial charge on any atom is 0.350 e. The van der Waals surface area contributed by atoms with Gasteiger partial charge in [0.1, 0.15) is 4.88 Å². The van der Waals surface area contributed by atoms with Crippen LogP contribution >= 0.6 is 11.3 Å². The highest BCUT2D eigenvalue weighted by Crippen LogP contribution is 2.27. The SMILES string of the molecule is COC(=O)c1sccc1NC(=O)CC(C)(C)CC(=O)O. The van der Waals surface area contributed by atoms with E-state index in [1.807, 2.05) is 0 Å². The first-order valence-electron chi connectivity index (χ1n) is 5.92. The molecule has 0 radical (unpaired) electrons. The molecule has 1 aromatic rings. The van der Waals surface area contributed by atoms with E-state index in [2.05, 4.69) is 10.1 Å². The van der Waals surface area contributed by atoms with Gasteiger partial charge in [-0.3, -0.25) is 9.59 Å². The number of aliphatic carboxylic acids is 1. The Hall–Kier alpha value is -1.89. The number of methoxy groups -OCH3 is 1. The van der Waals surface area contributed by atoms with Crippen LogP contribution in [0.15, 0.2) is 11.4 Å². The summed E-state index contributed by atoms with van der Waals surface area (Å²) in [5.74, 6) is -1.80. The molecule has 20 heavy (non-hydrogen) atoms. The maximum absolute atomic E-state index is 11.9. The molecule has 0 fully saturated rings. The normalized spacial score (nSPS) is 10.9. The average molecular weight is 299 g/mol. The summed E-state index contributed by atoms with van der Waals surface area (Å²) >= 11 is 1.17. The number of rotatable bonds is 6. The molecule has 0 saturated carbocycles. The molecule has 0 unspecified atom stereocenters. The Morgan fingerprint density at radius 2 is 2.00 bits per heavy atom. The third-order valence-corrected chi connectivity index (χ3v) is 3.47. The van der Waals surface area contributed by atoms with E-state index in [-0.39, 0.29) is 18.7 Å². The largest absolute Gasteiger partial charge is 0.481 e. The molecule has 1 rings (SSSR count). The zero-order valence-corrected chi connectivity index (χ0v) is 12.4. The number of thiophene rings is 1. The minimum absolute atomic E-state index is 0.0513. The fraction of sp³-hybridized carbons (Fsp3) is 0.462. The van der Waals surface area contributed by atoms with Crippen molar-refractivity contribution in [2.24, 2.45) is 5.41 Å². The Morgan fingerprint density at radius 1 is 1.35 bits per heavy atom. The summed E-state index contributed by atoms with van der Waals surface area (Å²) in [4.78, 5) is 34.4. The van der Waals surface area contributed by atoms with Crippen molar-refractivity contribution in [2.75, 3.05) is 12.4 Å². The lowest BCUT2D eigenvalue weighted by Crippen LogP contribution is -2.25. The van der Waals surface area contributed by atoms with E-state index in [0.717, 1.165) is 0 Å². The van der Waals surface area contributed by atoms with Crippen LogP contribution in [0.25, 0.3) is 0 Å². The Morgan fingerprint density at radius 3 is 2.55 bits per heavy atom. The number of carbonyl (C=O) groups is 3. The molecular weight excluding hydrogens is 282 g/mol. The zero-order valence-electron chi connectivity index (χ0n) is 11.6. The second-order valence-electron chi connectivity index (χ2n) is 5.11. The van der Waals surface area contributed by atoms with E-state index < -0.39 is 17.4 Å². The van der Waals surface area contributed by atoms with Crippen LogP contribution in [0, 0.1) is 5.41 Å². The topological polar surface area (TPSA) is 92.7 Å². The number of carboxylic acids is 1. The number of nitrogens with one attached hydrogen (secondary N) is 1. The maximum atomic E-state index is 11.9. The first kappa shape index (κ1) is 16.2. The molecule has 0 spiro atoms. The van der Waals surface area contributed by atoms with Crippen molar-refractivity contribution in [1.82, 2.24) is 0 Å². The molecule has 0 aliphatic carbocycles. The van der Waals surface area contributed by atoms with Gasteiger partial charge in [0.2, 0.25) is 5.91 Å². The number of carboxylic acid groups (broad SMARTS) is 1. The van der Waals surface area contributed by atoms with Crippen molar-refractivity contribution in [3.63, 3.8) is 0 Å². The minimum Gasteiger partial charge on any atom is -0.481 e. The zero-order chi connectivity index (χ0) is 15.3. The Bertz CT molecular complexity index is 521. The number of carbonyl (C=O) groups excluding carboxylic acids is 2. The second-order valence-corrected chi connectivity index (χ2v) is 6.03. The van der Waals surface area contributed by atoms with Crippen LogP contribution in [0.4, 0.5) is 5.69 Å². The molecule has 0 aromatic carbocycles. The Kier molecular flexibility index (Phi) is 5.26. The van der Waals surface area contributed by atoms with E-state index in [1.54, 1.807) is 25.3 Å². The second kappa shape index (κ2) is 6.51. The van der Waals surface area contributed by atoms with Gasteiger partial charge in [-0.25, -0.2) is 4.79 Å². The van der Waals surface area contributed by atoms with Gasteiger partial charge < -0.3 is 15.2 Å². The average Bonchev–Trinajstić information content (AvgIpc) is 2.73. The summed E-state index contributed by atoms with van der Waals surface area (Å²) < 4.78 is 4.61. The van der Waals surface area contributed by atoms with E-state index in [4.69, 9.17) is 5.11 Å². The summed E-state index contributed by atoms with van der Waals surface area (Å²) in [6.45, 7) is 3.41. The number of amides is 1. The lowest BCUT2D eigenvalue weighted by atomic mass is 9.85. The number of ether oxygens (including phenoxy) is 1. The molecule has 2 N–H and O–H groups in total. The van der Waals surface area contributed by atoms with Crippen molar-refractivity contribution in [1.29, 1.82) is 0 Å². The molecule has 0 bridgehead atoms. The summed E-state index contributed by atoms with van der Waals surface area (Å²) in [5, 5.41) is 13.1. The molecule has 1 heterocycles. The summed E-state index contributed by atoms with van der Waals surface area (Å²) in [6, 6.07) is 1.61. The molecule has 7 heteroatoms. The molecule has 1 amide bonds. The van der Waals surface area contributed by atoms with Gasteiger partial charge in [0.15, 0.2) is 0 Å². The van der Waals surface area contributed by atoms with Gasteiger partial charge in [0, 0.05) is 6.42 Å². The molecule has 0 atom stereocenters. The van der Waals surface area contributed by atoms with Gasteiger partial charge in [-0.15, -0.1) is 11.3 Å². The molecule has 6 nitrogen and oxygen atoms in total. The van der Waals surface area contributed by atoms with Crippen LogP contribution in [0.1, 0.15) is 36.4 Å². The van der Waals surface area contributed by atoms with Crippen LogP contribution in [0.5, 0.6) is 0 Å². The van der Waals surface area contributed by atoms with Gasteiger partial charge in [0.25, 0.3) is 0 Å². The third-order valence-electron chi connectivity index (χ3n) is 2.58. The van der Waals surface area contributed by atoms with Crippen molar-refractivity contribution in [3.05, 3.63) is 16.3 Å². The number of esters is 1. The lowest BCUT2D eigenvalue weighted by molar-refractivity contribution is -0.139. The first-order valence-corrected chi connectivity index (χ1v) is 6.80. The van der Waals surface area contributed by atoms with Gasteiger partial charge in [0.05, 0.1) is 19.2 Å². The first-order chi connectivity index (χ1) is 9.25. The number of hydrogen-bond acceptors (Lipinski definition) is 5. The van der Waals surface area contributed by atoms with Crippen LogP contribution in [0.3, 0.4) is 0 Å².